The average molecular weight is 1840 g/mol. The molecule has 0 unspecified atom stereocenters. The zero-order chi connectivity index (χ0) is 95.6. The van der Waals surface area contributed by atoms with E-state index >= 15 is 0 Å². The molecule has 0 amide bonds. The predicted molar refractivity (Wildman–Crippen MR) is 608 cm³/mol. The number of rotatable bonds is 12. The summed E-state index contributed by atoms with van der Waals surface area (Å²) in [6, 6.07) is 174. The van der Waals surface area contributed by atoms with Crippen LogP contribution in [-0.2, 0) is 10.8 Å². The van der Waals surface area contributed by atoms with Gasteiger partial charge >= 0.3 is 0 Å². The molecule has 678 valence electrons. The predicted octanol–water partition coefficient (Wildman–Crippen LogP) is 32.4. The topological polar surface area (TPSA) is 49.1 Å². The molecule has 0 N–H and O–H groups in total. The molecular formula is C134H94B2N6O2. The van der Waals surface area contributed by atoms with Crippen LogP contribution in [0.5, 0.6) is 0 Å². The van der Waals surface area contributed by atoms with Crippen LogP contribution in [0.15, 0.2) is 470 Å². The lowest BCUT2D eigenvalue weighted by atomic mass is 9.30. The van der Waals surface area contributed by atoms with Gasteiger partial charge in [0.15, 0.2) is 11.2 Å². The first-order valence-electron chi connectivity index (χ1n) is 50.2. The highest BCUT2D eigenvalue weighted by atomic mass is 16.3. The molecule has 0 radical (unpaired) electrons. The summed E-state index contributed by atoms with van der Waals surface area (Å²) in [6.45, 7) is 13.5. The normalized spacial score (nSPS) is 13.1. The number of fused-ring (bicyclic) bond motifs is 20. The maximum absolute atomic E-state index is 7.61. The molecule has 8 nitrogen and oxygen atoms in total. The summed E-state index contributed by atoms with van der Waals surface area (Å²) >= 11 is 0. The first kappa shape index (κ1) is 83.1. The molecule has 0 fully saturated rings. The number of benzene rings is 21. The summed E-state index contributed by atoms with van der Waals surface area (Å²) in [4.78, 5) is 10.7. The van der Waals surface area contributed by atoms with Crippen LogP contribution < -0.4 is 52.4 Å². The van der Waals surface area contributed by atoms with E-state index in [1.165, 1.54) is 65.9 Å². The maximum Gasteiger partial charge on any atom is 0.252 e. The van der Waals surface area contributed by atoms with Gasteiger partial charge in [0.2, 0.25) is 0 Å². The van der Waals surface area contributed by atoms with Gasteiger partial charge in [-0.25, -0.2) is 0 Å². The van der Waals surface area contributed by atoms with Gasteiger partial charge in [-0.3, -0.25) is 0 Å². The Balaban J connectivity index is 0.786. The Morgan fingerprint density at radius 1 is 0.194 bits per heavy atom. The largest absolute Gasteiger partial charge is 0.454 e. The van der Waals surface area contributed by atoms with Crippen molar-refractivity contribution in [2.24, 2.45) is 0 Å². The van der Waals surface area contributed by atoms with Crippen LogP contribution >= 0.6 is 0 Å². The van der Waals surface area contributed by atoms with E-state index in [0.29, 0.717) is 0 Å². The molecule has 4 aliphatic rings. The summed E-state index contributed by atoms with van der Waals surface area (Å²) in [5.74, 6) is 0. The Morgan fingerprint density at radius 2 is 0.500 bits per heavy atom. The first-order valence-corrected chi connectivity index (χ1v) is 50.2. The summed E-state index contributed by atoms with van der Waals surface area (Å²) in [7, 11) is 0. The van der Waals surface area contributed by atoms with Crippen LogP contribution in [0.4, 0.5) is 68.2 Å². The number of aromatic nitrogens is 2. The molecule has 0 aliphatic carbocycles. The molecule has 4 aromatic heterocycles. The zero-order valence-electron chi connectivity index (χ0n) is 80.5. The van der Waals surface area contributed by atoms with E-state index in [0.717, 1.165) is 212 Å². The monoisotopic (exact) mass is 1840 g/mol. The van der Waals surface area contributed by atoms with Crippen molar-refractivity contribution >= 4 is 202 Å². The van der Waals surface area contributed by atoms with Crippen molar-refractivity contribution in [2.45, 2.75) is 52.4 Å². The molecule has 4 aliphatic heterocycles. The third kappa shape index (κ3) is 12.6. The van der Waals surface area contributed by atoms with Crippen molar-refractivity contribution in [1.29, 1.82) is 0 Å². The molecule has 144 heavy (non-hydrogen) atoms. The number of hydrogen-bond acceptors (Lipinski definition) is 6. The van der Waals surface area contributed by atoms with Crippen molar-refractivity contribution in [2.75, 3.05) is 19.6 Å². The quantitative estimate of drug-likeness (QED) is 0.114. The highest BCUT2D eigenvalue weighted by Gasteiger charge is 2.51. The zero-order valence-corrected chi connectivity index (χ0v) is 80.5. The third-order valence-electron chi connectivity index (χ3n) is 31.1. The highest BCUT2D eigenvalue weighted by molar-refractivity contribution is 7.03. The van der Waals surface area contributed by atoms with Gasteiger partial charge < -0.3 is 37.6 Å². The number of hydrogen-bond donors (Lipinski definition) is 0. The van der Waals surface area contributed by atoms with Crippen molar-refractivity contribution in [3.8, 4) is 78.1 Å². The minimum absolute atomic E-state index is 0.419. The molecule has 0 bridgehead atoms. The van der Waals surface area contributed by atoms with E-state index < -0.39 is 24.3 Å². The average Bonchev–Trinajstić information content (AvgIpc) is 0.731. The highest BCUT2D eigenvalue weighted by Crippen LogP contribution is 2.58. The SMILES string of the molecule is CC(C)(C)c1cc2c3c(c1)N(c1cccc4c1oc1ccccc14)c1cc(-n4c5ccccc5c5cc(-c6ccccc6)ccc54)ccc1B3c1cc3c(cc1N2c1c(-c2ccccc2)cccc1-c1ccccc1)N(c1cccc2c1oc1ccccc12)c1cc(C(C)(C)C)cc2c1B3c1ccc(-n3c4ccccc4c4cc(-c5ccccc5)ccc43)cc1N2c1c(-c2ccccc2)cccc1-c1ccccc1. The van der Waals surface area contributed by atoms with Gasteiger partial charge in [0.1, 0.15) is 11.2 Å². The Morgan fingerprint density at radius 3 is 0.882 bits per heavy atom. The maximum atomic E-state index is 7.61. The fourth-order valence-electron chi connectivity index (χ4n) is 24.5. The smallest absolute Gasteiger partial charge is 0.252 e. The van der Waals surface area contributed by atoms with Gasteiger partial charge in [0.05, 0.1) is 44.8 Å². The molecule has 0 saturated carbocycles. The van der Waals surface area contributed by atoms with Crippen LogP contribution in [0.3, 0.4) is 0 Å². The van der Waals surface area contributed by atoms with Crippen LogP contribution in [0.25, 0.3) is 166 Å². The number of para-hydroxylation sites is 8. The Labute approximate surface area is 836 Å². The van der Waals surface area contributed by atoms with E-state index in [4.69, 9.17) is 8.83 Å². The van der Waals surface area contributed by atoms with E-state index in [1.54, 1.807) is 0 Å². The van der Waals surface area contributed by atoms with Gasteiger partial charge in [-0.2, -0.15) is 0 Å². The van der Waals surface area contributed by atoms with E-state index in [-0.39, 0.29) is 0 Å². The lowest BCUT2D eigenvalue weighted by molar-refractivity contribution is 0.590. The fourth-order valence-corrected chi connectivity index (χ4v) is 24.5. The van der Waals surface area contributed by atoms with Crippen LogP contribution in [0, 0.1) is 0 Å². The second-order valence-corrected chi connectivity index (χ2v) is 41.3. The van der Waals surface area contributed by atoms with Gasteiger partial charge in [-0.1, -0.05) is 387 Å². The van der Waals surface area contributed by atoms with E-state index in [9.17, 15) is 0 Å². The van der Waals surface area contributed by atoms with Crippen molar-refractivity contribution in [3.63, 3.8) is 0 Å². The van der Waals surface area contributed by atoms with Crippen LogP contribution in [0.2, 0.25) is 0 Å². The fraction of sp³-hybridized carbons (Fsp3) is 0.0597. The standard InChI is InChI=1S/C134H94B2N6O2/c1-133(2,3)91-75-121-127-124(78-91)142(130-97(87-45-21-11-22-46-87)55-34-56-98(130)88-47-23-12-24-48-88)120-82-119-109(81-110(120)135(127)107-69-67-93(79-117(107)139(121)115-61-35-57-103-101-51-27-31-63-125(101)143-131(103)115)137-111-59-29-25-49-99(111)105-73-89(65-71-113(105)137)83-37-13-7-14-38-83)136-108-70-68-94(138-112-60-30-26-50-100(112)106-74-90(66-72-114(106)138)84-39-15-8-16-40-84)80-118(108)141(129-95(85-41-17-9-18-42-85)53-33-54-96(129)86-43-19-10-20-44-86)123-77-92(134(4,5)6)76-122(128(123)136)140(119)116-62-36-58-104-102-52-28-32-64-126(102)144-132(104)116/h7-82H,1-6H3. The first-order chi connectivity index (χ1) is 70.7. The summed E-state index contributed by atoms with van der Waals surface area (Å²) in [6.07, 6.45) is 0. The van der Waals surface area contributed by atoms with Crippen molar-refractivity contribution in [3.05, 3.63) is 472 Å². The number of furan rings is 2. The van der Waals surface area contributed by atoms with Gasteiger partial charge in [0, 0.05) is 122 Å². The molecule has 0 spiro atoms. The Bertz CT molecular complexity index is 9530. The summed E-state index contributed by atoms with van der Waals surface area (Å²) in [5, 5.41) is 8.95. The van der Waals surface area contributed by atoms with Crippen LogP contribution in [0.1, 0.15) is 52.7 Å². The lowest BCUT2D eigenvalue weighted by Crippen LogP contribution is -2.65. The Hall–Kier alpha value is -17.9. The molecule has 0 saturated heterocycles. The van der Waals surface area contributed by atoms with Crippen molar-refractivity contribution < 1.29 is 8.83 Å². The molecule has 0 atom stereocenters. The molecular weight excluding hydrogens is 1750 g/mol. The molecule has 8 heterocycles. The summed E-state index contributed by atoms with van der Waals surface area (Å²) < 4.78 is 20.1. The van der Waals surface area contributed by atoms with E-state index in [2.05, 4.69) is 531 Å². The second kappa shape index (κ2) is 31.8. The van der Waals surface area contributed by atoms with E-state index in [1.807, 2.05) is 0 Å². The molecule has 10 heteroatoms. The molecule has 25 aromatic rings. The van der Waals surface area contributed by atoms with Gasteiger partial charge in [0.25, 0.3) is 13.4 Å². The summed E-state index contributed by atoms with van der Waals surface area (Å²) in [5.41, 5.74) is 44.4. The number of anilines is 12. The van der Waals surface area contributed by atoms with Crippen LogP contribution in [-0.4, -0.2) is 22.6 Å². The Kier molecular flexibility index (Phi) is 18.4. The van der Waals surface area contributed by atoms with Gasteiger partial charge in [-0.05, 0) is 215 Å². The number of nitrogens with zero attached hydrogens (tertiary/aromatic N) is 6. The minimum Gasteiger partial charge on any atom is -0.454 e. The lowest BCUT2D eigenvalue weighted by Gasteiger charge is -2.48. The second-order valence-electron chi connectivity index (χ2n) is 41.3. The van der Waals surface area contributed by atoms with Gasteiger partial charge in [-0.15, -0.1) is 0 Å². The third-order valence-corrected chi connectivity index (χ3v) is 31.1. The van der Waals surface area contributed by atoms with Crippen molar-refractivity contribution in [1.82, 2.24) is 9.13 Å². The molecule has 29 rings (SSSR count). The minimum atomic E-state index is -0.439. The molecule has 21 aromatic carbocycles.